The Bertz CT molecular complexity index is 1080. The van der Waals surface area contributed by atoms with Gasteiger partial charge >= 0.3 is 5.97 Å². The average Bonchev–Trinajstić information content (AvgIpc) is 3.29. The Kier molecular flexibility index (Phi) is 7.35. The molecule has 0 radical (unpaired) electrons. The smallest absolute Gasteiger partial charge is 0.312 e. The molecule has 4 aliphatic heterocycles. The van der Waals surface area contributed by atoms with Crippen LogP contribution < -0.4 is 9.64 Å². The van der Waals surface area contributed by atoms with E-state index in [0.717, 1.165) is 19.3 Å². The number of aliphatic hydroxyl groups excluding tert-OH is 1. The molecule has 5 rings (SSSR count). The van der Waals surface area contributed by atoms with Crippen LogP contribution in [-0.4, -0.2) is 79.0 Å². The number of hydrogen-bond donors (Lipinski definition) is 1. The van der Waals surface area contributed by atoms with Crippen molar-refractivity contribution >= 4 is 23.5 Å². The van der Waals surface area contributed by atoms with Gasteiger partial charge in [-0.25, -0.2) is 0 Å². The van der Waals surface area contributed by atoms with Crippen LogP contribution in [0.15, 0.2) is 48.6 Å². The van der Waals surface area contributed by atoms with E-state index in [2.05, 4.69) is 0 Å². The van der Waals surface area contributed by atoms with Crippen LogP contribution in [0.2, 0.25) is 0 Å². The maximum Gasteiger partial charge on any atom is 0.312 e. The van der Waals surface area contributed by atoms with Crippen molar-refractivity contribution in [3.05, 3.63) is 48.6 Å². The third-order valence-corrected chi connectivity index (χ3v) is 7.79. The summed E-state index contributed by atoms with van der Waals surface area (Å²) in [6.45, 7) is 0.872. The van der Waals surface area contributed by atoms with Crippen molar-refractivity contribution in [1.82, 2.24) is 4.90 Å². The Morgan fingerprint density at radius 1 is 1.08 bits per heavy atom. The van der Waals surface area contributed by atoms with Gasteiger partial charge in [-0.1, -0.05) is 24.3 Å². The molecule has 1 aromatic carbocycles. The zero-order chi connectivity index (χ0) is 26.0. The maximum absolute atomic E-state index is 14.2. The van der Waals surface area contributed by atoms with Crippen LogP contribution in [-0.2, 0) is 23.9 Å². The molecule has 198 valence electrons. The second kappa shape index (κ2) is 10.7. The molecule has 0 saturated carbocycles. The number of nitrogens with zero attached hydrogens (tertiary/aromatic N) is 2. The lowest BCUT2D eigenvalue weighted by molar-refractivity contribution is -0.154. The topological polar surface area (TPSA) is 106 Å². The summed E-state index contributed by atoms with van der Waals surface area (Å²) in [6, 6.07) is 6.25. The van der Waals surface area contributed by atoms with E-state index >= 15 is 0 Å². The Morgan fingerprint density at radius 3 is 2.65 bits per heavy atom. The second-order valence-electron chi connectivity index (χ2n) is 9.95. The molecule has 4 heterocycles. The predicted molar refractivity (Wildman–Crippen MR) is 135 cm³/mol. The third-order valence-electron chi connectivity index (χ3n) is 7.79. The first kappa shape index (κ1) is 25.5. The zero-order valence-corrected chi connectivity index (χ0v) is 21.1. The second-order valence-corrected chi connectivity index (χ2v) is 9.95. The minimum Gasteiger partial charge on any atom is -0.497 e. The highest BCUT2D eigenvalue weighted by atomic mass is 16.6. The van der Waals surface area contributed by atoms with E-state index in [1.54, 1.807) is 29.0 Å². The van der Waals surface area contributed by atoms with Crippen molar-refractivity contribution in [1.29, 1.82) is 0 Å². The van der Waals surface area contributed by atoms with Crippen molar-refractivity contribution in [2.45, 2.75) is 49.9 Å². The number of methoxy groups -OCH3 is 1. The van der Waals surface area contributed by atoms with Gasteiger partial charge in [-0.15, -0.1) is 0 Å². The van der Waals surface area contributed by atoms with Gasteiger partial charge in [0.2, 0.25) is 5.91 Å². The van der Waals surface area contributed by atoms with Gasteiger partial charge in [0, 0.05) is 25.4 Å². The number of rotatable bonds is 6. The highest BCUT2D eigenvalue weighted by Crippen LogP contribution is 2.53. The number of fused-ring (bicyclic) bond motifs is 2. The van der Waals surface area contributed by atoms with Crippen molar-refractivity contribution < 1.29 is 33.7 Å². The van der Waals surface area contributed by atoms with Crippen molar-refractivity contribution in [2.24, 2.45) is 11.8 Å². The number of hydrogen-bond acceptors (Lipinski definition) is 7. The number of allylic oxidation sites excluding steroid dienone is 1. The lowest BCUT2D eigenvalue weighted by Gasteiger charge is -2.35. The van der Waals surface area contributed by atoms with Crippen molar-refractivity contribution in [2.75, 3.05) is 38.3 Å². The minimum atomic E-state index is -1.29. The molecular formula is C28H34N2O7. The highest BCUT2D eigenvalue weighted by Gasteiger charge is 2.71. The van der Waals surface area contributed by atoms with Gasteiger partial charge < -0.3 is 29.1 Å². The van der Waals surface area contributed by atoms with Crippen LogP contribution in [0.25, 0.3) is 0 Å². The average molecular weight is 511 g/mol. The Morgan fingerprint density at radius 2 is 1.89 bits per heavy atom. The Balaban J connectivity index is 1.56. The van der Waals surface area contributed by atoms with E-state index in [1.165, 1.54) is 0 Å². The Hall–Kier alpha value is -3.17. The summed E-state index contributed by atoms with van der Waals surface area (Å²) in [5.41, 5.74) is -0.614. The van der Waals surface area contributed by atoms with E-state index in [1.807, 2.05) is 36.4 Å². The van der Waals surface area contributed by atoms with Crippen LogP contribution in [0.1, 0.15) is 32.1 Å². The highest BCUT2D eigenvalue weighted by molar-refractivity contribution is 6.05. The Labute approximate surface area is 216 Å². The summed E-state index contributed by atoms with van der Waals surface area (Å²) in [5, 5.41) is 9.33. The molecular weight excluding hydrogens is 476 g/mol. The van der Waals surface area contributed by atoms with Crippen LogP contribution >= 0.6 is 0 Å². The summed E-state index contributed by atoms with van der Waals surface area (Å²) >= 11 is 0. The van der Waals surface area contributed by atoms with Gasteiger partial charge in [0.25, 0.3) is 5.91 Å². The van der Waals surface area contributed by atoms with Gasteiger partial charge in [0.05, 0.1) is 25.7 Å². The fourth-order valence-electron chi connectivity index (χ4n) is 6.04. The zero-order valence-electron chi connectivity index (χ0n) is 21.1. The van der Waals surface area contributed by atoms with E-state index in [0.29, 0.717) is 37.4 Å². The molecule has 0 aromatic heterocycles. The fourth-order valence-corrected chi connectivity index (χ4v) is 6.04. The summed E-state index contributed by atoms with van der Waals surface area (Å²) < 4.78 is 17.4. The summed E-state index contributed by atoms with van der Waals surface area (Å²) in [7, 11) is 1.58. The number of ether oxygens (including phenoxy) is 3. The minimum absolute atomic E-state index is 0.00852. The largest absolute Gasteiger partial charge is 0.497 e. The molecule has 2 fully saturated rings. The van der Waals surface area contributed by atoms with Gasteiger partial charge in [-0.2, -0.15) is 0 Å². The SMILES string of the molecule is COc1ccc(N2CC=C[C@]34O[C@H]5/C=C\CCCCOC(=O)[C@H]5[C@H]3C(=O)N(CCCCO)C4C2=O)cc1. The van der Waals surface area contributed by atoms with Crippen molar-refractivity contribution in [3.63, 3.8) is 0 Å². The summed E-state index contributed by atoms with van der Waals surface area (Å²) in [4.78, 5) is 44.7. The van der Waals surface area contributed by atoms with Crippen LogP contribution in [0.5, 0.6) is 5.75 Å². The molecule has 5 atom stereocenters. The van der Waals surface area contributed by atoms with Gasteiger partial charge in [0.15, 0.2) is 0 Å². The molecule has 9 nitrogen and oxygen atoms in total. The molecule has 1 aromatic rings. The van der Waals surface area contributed by atoms with Gasteiger partial charge in [0.1, 0.15) is 23.3 Å². The number of benzene rings is 1. The summed E-state index contributed by atoms with van der Waals surface area (Å²) in [5.74, 6) is -2.04. The van der Waals surface area contributed by atoms with E-state index in [4.69, 9.17) is 14.2 Å². The number of carbonyl (C=O) groups excluding carboxylic acids is 3. The standard InChI is InChI=1S/C28H34N2O7/c1-35-20-12-10-19(11-13-20)29-16-8-14-28-23(25(32)30(15-5-6-17-31)24(28)26(29)33)22-21(37-28)9-4-2-3-7-18-36-27(22)34/h4,8-14,21-24,31H,2-3,5-7,15-18H2,1H3/b9-4-/t21-,22+,23-,24?,28-/m0/s1. The number of aliphatic hydroxyl groups is 1. The van der Waals surface area contributed by atoms with E-state index in [-0.39, 0.29) is 25.0 Å². The number of unbranched alkanes of at least 4 members (excludes halogenated alkanes) is 1. The first-order chi connectivity index (χ1) is 18.0. The van der Waals surface area contributed by atoms with E-state index < -0.39 is 35.6 Å². The number of anilines is 1. The first-order valence-electron chi connectivity index (χ1n) is 13.1. The monoisotopic (exact) mass is 510 g/mol. The number of amides is 2. The fraction of sp³-hybridized carbons (Fsp3) is 0.536. The van der Waals surface area contributed by atoms with E-state index in [9.17, 15) is 19.5 Å². The molecule has 4 aliphatic rings. The molecule has 1 N–H and O–H groups in total. The van der Waals surface area contributed by atoms with Crippen LogP contribution in [0, 0.1) is 11.8 Å². The number of likely N-dealkylation sites (tertiary alicyclic amines) is 1. The molecule has 2 saturated heterocycles. The lowest BCUT2D eigenvalue weighted by atomic mass is 9.78. The van der Waals surface area contributed by atoms with Crippen LogP contribution in [0.4, 0.5) is 5.69 Å². The predicted octanol–water partition coefficient (Wildman–Crippen LogP) is 2.23. The number of cyclic esters (lactones) is 1. The van der Waals surface area contributed by atoms with Crippen molar-refractivity contribution in [3.8, 4) is 5.75 Å². The molecule has 9 heteroatoms. The number of carbonyl (C=O) groups is 3. The normalized spacial score (nSPS) is 32.3. The lowest BCUT2D eigenvalue weighted by Crippen LogP contribution is -2.55. The van der Waals surface area contributed by atoms with Gasteiger partial charge in [-0.3, -0.25) is 14.4 Å². The van der Waals surface area contributed by atoms with Crippen LogP contribution in [0.3, 0.4) is 0 Å². The van der Waals surface area contributed by atoms with Gasteiger partial charge in [-0.05, 0) is 56.4 Å². The molecule has 0 aliphatic carbocycles. The first-order valence-corrected chi connectivity index (χ1v) is 13.1. The third kappa shape index (κ3) is 4.44. The molecule has 37 heavy (non-hydrogen) atoms. The molecule has 0 bridgehead atoms. The molecule has 1 spiro atoms. The molecule has 1 unspecified atom stereocenters. The quantitative estimate of drug-likeness (QED) is 0.355. The number of esters is 1. The maximum atomic E-state index is 14.2. The summed E-state index contributed by atoms with van der Waals surface area (Å²) in [6.07, 6.45) is 10.4. The molecule has 2 amide bonds.